The van der Waals surface area contributed by atoms with Gasteiger partial charge in [-0.25, -0.2) is 4.63 Å². The Bertz CT molecular complexity index is 732. The highest BCUT2D eigenvalue weighted by Crippen LogP contribution is 2.15. The second kappa shape index (κ2) is 4.81. The Morgan fingerprint density at radius 3 is 2.89 bits per heavy atom. The molecule has 3 rings (SSSR count). The number of amides is 1. The van der Waals surface area contributed by atoms with Gasteiger partial charge in [0, 0.05) is 11.4 Å². The average Bonchev–Trinajstić information content (AvgIpc) is 3.03. The molecule has 2 aromatic heterocycles. The van der Waals surface area contributed by atoms with Crippen LogP contribution in [0.5, 0.6) is 0 Å². The fourth-order valence-corrected chi connectivity index (χ4v) is 2.55. The fraction of sp³-hybridized carbons (Fsp3) is 0.154. The van der Waals surface area contributed by atoms with E-state index < -0.39 is 0 Å². The molecule has 0 spiro atoms. The van der Waals surface area contributed by atoms with E-state index >= 15 is 0 Å². The van der Waals surface area contributed by atoms with Crippen LogP contribution in [-0.4, -0.2) is 16.2 Å². The number of nitrogens with one attached hydrogen (secondary N) is 1. The summed E-state index contributed by atoms with van der Waals surface area (Å²) < 4.78 is 4.63. The zero-order valence-electron chi connectivity index (χ0n) is 10.2. The fourth-order valence-electron chi connectivity index (χ4n) is 1.76. The lowest BCUT2D eigenvalue weighted by molar-refractivity contribution is 0.0955. The van der Waals surface area contributed by atoms with E-state index in [2.05, 4.69) is 20.3 Å². The van der Waals surface area contributed by atoms with Crippen LogP contribution in [0, 0.1) is 6.92 Å². The van der Waals surface area contributed by atoms with Gasteiger partial charge in [0.1, 0.15) is 11.0 Å². The van der Waals surface area contributed by atoms with Gasteiger partial charge in [-0.15, -0.1) is 11.3 Å². The van der Waals surface area contributed by atoms with Gasteiger partial charge >= 0.3 is 0 Å². The number of fused-ring (bicyclic) bond motifs is 1. The number of rotatable bonds is 3. The molecule has 1 amide bonds. The topological polar surface area (TPSA) is 68.0 Å². The van der Waals surface area contributed by atoms with Crippen molar-refractivity contribution in [3.8, 4) is 0 Å². The van der Waals surface area contributed by atoms with Crippen LogP contribution in [0.4, 0.5) is 0 Å². The summed E-state index contributed by atoms with van der Waals surface area (Å²) in [7, 11) is 0. The van der Waals surface area contributed by atoms with Crippen LogP contribution in [0.15, 0.2) is 35.0 Å². The van der Waals surface area contributed by atoms with Crippen LogP contribution < -0.4 is 5.32 Å². The van der Waals surface area contributed by atoms with E-state index in [-0.39, 0.29) is 5.91 Å². The predicted molar refractivity (Wildman–Crippen MR) is 72.0 cm³/mol. The predicted octanol–water partition coefficient (Wildman–Crippen LogP) is 2.52. The second-order valence-electron chi connectivity index (χ2n) is 4.18. The minimum absolute atomic E-state index is 0.0588. The van der Waals surface area contributed by atoms with Gasteiger partial charge in [0.05, 0.1) is 4.88 Å². The van der Waals surface area contributed by atoms with Gasteiger partial charge in [-0.05, 0) is 47.1 Å². The Hall–Kier alpha value is -2.21. The minimum Gasteiger partial charge on any atom is -0.347 e. The van der Waals surface area contributed by atoms with Crippen molar-refractivity contribution in [2.45, 2.75) is 13.5 Å². The summed E-state index contributed by atoms with van der Waals surface area (Å²) in [5, 5.41) is 10.4. The molecule has 1 aromatic carbocycles. The van der Waals surface area contributed by atoms with Crippen LogP contribution in [0.25, 0.3) is 11.0 Å². The number of thiophene rings is 1. The van der Waals surface area contributed by atoms with Crippen molar-refractivity contribution >= 4 is 28.3 Å². The summed E-state index contributed by atoms with van der Waals surface area (Å²) in [5.74, 6) is -0.0588. The maximum Gasteiger partial charge on any atom is 0.261 e. The molecule has 0 radical (unpaired) electrons. The van der Waals surface area contributed by atoms with Gasteiger partial charge in [0.15, 0.2) is 0 Å². The second-order valence-corrected chi connectivity index (χ2v) is 5.47. The number of benzene rings is 1. The summed E-state index contributed by atoms with van der Waals surface area (Å²) in [6, 6.07) is 9.34. The summed E-state index contributed by atoms with van der Waals surface area (Å²) >= 11 is 1.49. The molecular weight excluding hydrogens is 262 g/mol. The van der Waals surface area contributed by atoms with Gasteiger partial charge in [-0.2, -0.15) is 0 Å². The smallest absolute Gasteiger partial charge is 0.261 e. The van der Waals surface area contributed by atoms with Crippen LogP contribution in [-0.2, 0) is 6.54 Å². The van der Waals surface area contributed by atoms with E-state index in [1.807, 2.05) is 37.3 Å². The number of hydrogen-bond donors (Lipinski definition) is 1. The van der Waals surface area contributed by atoms with Crippen molar-refractivity contribution in [3.63, 3.8) is 0 Å². The summed E-state index contributed by atoms with van der Waals surface area (Å²) in [6.45, 7) is 2.44. The maximum atomic E-state index is 11.9. The van der Waals surface area contributed by atoms with Crippen LogP contribution in [0.3, 0.4) is 0 Å². The number of nitrogens with zero attached hydrogens (tertiary/aromatic N) is 2. The summed E-state index contributed by atoms with van der Waals surface area (Å²) in [5.41, 5.74) is 2.37. The van der Waals surface area contributed by atoms with Crippen LogP contribution in [0.1, 0.15) is 20.1 Å². The molecule has 5 nitrogen and oxygen atoms in total. The molecule has 6 heteroatoms. The first kappa shape index (κ1) is 11.9. The average molecular weight is 273 g/mol. The lowest BCUT2D eigenvalue weighted by Crippen LogP contribution is -2.21. The molecular formula is C13H11N3O2S. The highest BCUT2D eigenvalue weighted by molar-refractivity contribution is 7.13. The van der Waals surface area contributed by atoms with Crippen LogP contribution >= 0.6 is 11.3 Å². The SMILES string of the molecule is Cc1ccc(C(=O)NCc2ccc3nonc3c2)s1. The third-order valence-corrected chi connectivity index (χ3v) is 3.73. The molecule has 0 aliphatic rings. The highest BCUT2D eigenvalue weighted by atomic mass is 32.1. The van der Waals surface area contributed by atoms with Gasteiger partial charge in [-0.1, -0.05) is 6.07 Å². The zero-order chi connectivity index (χ0) is 13.2. The summed E-state index contributed by atoms with van der Waals surface area (Å²) in [4.78, 5) is 13.7. The normalized spacial score (nSPS) is 10.8. The highest BCUT2D eigenvalue weighted by Gasteiger charge is 2.08. The third kappa shape index (κ3) is 2.48. The quantitative estimate of drug-likeness (QED) is 0.796. The van der Waals surface area contributed by atoms with E-state index in [4.69, 9.17) is 0 Å². The lowest BCUT2D eigenvalue weighted by atomic mass is 10.2. The number of aromatic nitrogens is 2. The Morgan fingerprint density at radius 2 is 2.11 bits per heavy atom. The van der Waals surface area contributed by atoms with Crippen molar-refractivity contribution in [1.82, 2.24) is 15.6 Å². The molecule has 0 aliphatic heterocycles. The first-order valence-corrected chi connectivity index (χ1v) is 6.60. The number of hydrogen-bond acceptors (Lipinski definition) is 5. The first-order chi connectivity index (χ1) is 9.22. The Balaban J connectivity index is 1.70. The standard InChI is InChI=1S/C13H11N3O2S/c1-8-2-5-12(19-8)13(17)14-7-9-3-4-10-11(6-9)16-18-15-10/h2-6H,7H2,1H3,(H,14,17). The third-order valence-electron chi connectivity index (χ3n) is 2.74. The zero-order valence-corrected chi connectivity index (χ0v) is 11.0. The minimum atomic E-state index is -0.0588. The van der Waals surface area contributed by atoms with Gasteiger partial charge in [0.25, 0.3) is 5.91 Å². The maximum absolute atomic E-state index is 11.9. The van der Waals surface area contributed by atoms with E-state index in [1.54, 1.807) is 0 Å². The number of carbonyl (C=O) groups is 1. The molecule has 19 heavy (non-hydrogen) atoms. The molecule has 0 saturated heterocycles. The van der Waals surface area contributed by atoms with Gasteiger partial charge in [-0.3, -0.25) is 4.79 Å². The van der Waals surface area contributed by atoms with Gasteiger partial charge < -0.3 is 5.32 Å². The van der Waals surface area contributed by atoms with Crippen molar-refractivity contribution in [2.75, 3.05) is 0 Å². The molecule has 0 aliphatic carbocycles. The molecule has 2 heterocycles. The molecule has 0 unspecified atom stereocenters. The molecule has 1 N–H and O–H groups in total. The monoisotopic (exact) mass is 273 g/mol. The van der Waals surface area contributed by atoms with Crippen molar-refractivity contribution in [3.05, 3.63) is 45.6 Å². The van der Waals surface area contributed by atoms with E-state index in [9.17, 15) is 4.79 Å². The first-order valence-electron chi connectivity index (χ1n) is 5.78. The molecule has 0 fully saturated rings. The van der Waals surface area contributed by atoms with Crippen molar-refractivity contribution in [2.24, 2.45) is 0 Å². The molecule has 3 aromatic rings. The summed E-state index contributed by atoms with van der Waals surface area (Å²) in [6.07, 6.45) is 0. The van der Waals surface area contributed by atoms with E-state index in [0.29, 0.717) is 17.6 Å². The Labute approximate surface area is 113 Å². The lowest BCUT2D eigenvalue weighted by Gasteiger charge is -2.03. The molecule has 0 bridgehead atoms. The van der Waals surface area contributed by atoms with Crippen molar-refractivity contribution < 1.29 is 9.42 Å². The number of aryl methyl sites for hydroxylation is 1. The Morgan fingerprint density at radius 1 is 1.26 bits per heavy atom. The largest absolute Gasteiger partial charge is 0.347 e. The van der Waals surface area contributed by atoms with Crippen molar-refractivity contribution in [1.29, 1.82) is 0 Å². The van der Waals surface area contributed by atoms with Crippen LogP contribution in [0.2, 0.25) is 0 Å². The van der Waals surface area contributed by atoms with E-state index in [0.717, 1.165) is 15.3 Å². The van der Waals surface area contributed by atoms with Gasteiger partial charge in [0.2, 0.25) is 0 Å². The molecule has 0 saturated carbocycles. The molecule has 96 valence electrons. The molecule has 0 atom stereocenters. The van der Waals surface area contributed by atoms with E-state index in [1.165, 1.54) is 11.3 Å². The number of carbonyl (C=O) groups excluding carboxylic acids is 1. The Kier molecular flexibility index (Phi) is 3.00.